The Labute approximate surface area is 84.1 Å². The number of rotatable bonds is 2. The molecule has 0 saturated heterocycles. The lowest BCUT2D eigenvalue weighted by molar-refractivity contribution is -0.115. The number of amidine groups is 1. The summed E-state index contributed by atoms with van der Waals surface area (Å²) in [6.07, 6.45) is 2.86. The molecule has 0 bridgehead atoms. The molecule has 14 heavy (non-hydrogen) atoms. The van der Waals surface area contributed by atoms with Gasteiger partial charge in [0.25, 0.3) is 0 Å². The van der Waals surface area contributed by atoms with Crippen molar-refractivity contribution < 1.29 is 4.79 Å². The van der Waals surface area contributed by atoms with Crippen molar-refractivity contribution in [3.8, 4) is 0 Å². The van der Waals surface area contributed by atoms with Crippen molar-refractivity contribution in [2.24, 2.45) is 25.7 Å². The smallest absolute Gasteiger partial charge is 0.227 e. The van der Waals surface area contributed by atoms with Gasteiger partial charge in [-0.3, -0.25) is 9.79 Å². The van der Waals surface area contributed by atoms with Crippen molar-refractivity contribution in [1.29, 1.82) is 0 Å². The Bertz CT molecular complexity index is 384. The highest BCUT2D eigenvalue weighted by atomic mass is 32.2. The van der Waals surface area contributed by atoms with Crippen LogP contribution in [0.1, 0.15) is 0 Å². The summed E-state index contributed by atoms with van der Waals surface area (Å²) in [4.78, 5) is 26.6. The van der Waals surface area contributed by atoms with E-state index in [-0.39, 0.29) is 17.7 Å². The van der Waals surface area contributed by atoms with Crippen LogP contribution in [0.5, 0.6) is 0 Å². The lowest BCUT2D eigenvalue weighted by Gasteiger charge is -2.12. The standard InChI is InChI=1S/C7H7N5OS/c8-4(13)1-14-7-5-6(10-2-9-5)11-3-12-7/h2-3,5H,1H2,(H2,8,13). The Morgan fingerprint density at radius 1 is 1.50 bits per heavy atom. The first-order valence-electron chi connectivity index (χ1n) is 3.88. The monoisotopic (exact) mass is 209 g/mol. The van der Waals surface area contributed by atoms with Gasteiger partial charge in [-0.2, -0.15) is 0 Å². The lowest BCUT2D eigenvalue weighted by atomic mass is 10.3. The van der Waals surface area contributed by atoms with Crippen molar-refractivity contribution in [3.63, 3.8) is 0 Å². The molecule has 0 spiro atoms. The fraction of sp³-hybridized carbons (Fsp3) is 0.286. The van der Waals surface area contributed by atoms with Gasteiger partial charge in [0.05, 0.1) is 5.75 Å². The average Bonchev–Trinajstić information content (AvgIpc) is 2.62. The number of nitrogens with zero attached hydrogens (tertiary/aromatic N) is 4. The van der Waals surface area contributed by atoms with Gasteiger partial charge in [0.15, 0.2) is 11.9 Å². The number of carbonyl (C=O) groups is 1. The molecule has 0 aromatic heterocycles. The molecule has 2 N–H and O–H groups in total. The van der Waals surface area contributed by atoms with Crippen LogP contribution in [0.3, 0.4) is 0 Å². The van der Waals surface area contributed by atoms with Gasteiger partial charge >= 0.3 is 0 Å². The van der Waals surface area contributed by atoms with Gasteiger partial charge in [-0.25, -0.2) is 15.0 Å². The molecule has 0 aromatic rings. The van der Waals surface area contributed by atoms with E-state index in [1.807, 2.05) is 0 Å². The quantitative estimate of drug-likeness (QED) is 0.661. The van der Waals surface area contributed by atoms with E-state index in [1.54, 1.807) is 0 Å². The molecular formula is C7H7N5OS. The summed E-state index contributed by atoms with van der Waals surface area (Å²) < 4.78 is 0. The van der Waals surface area contributed by atoms with E-state index in [0.29, 0.717) is 10.9 Å². The van der Waals surface area contributed by atoms with Crippen molar-refractivity contribution >= 4 is 41.2 Å². The molecule has 0 aliphatic carbocycles. The molecule has 2 rings (SSSR count). The predicted octanol–water partition coefficient (Wildman–Crippen LogP) is -0.546. The number of hydrogen-bond acceptors (Lipinski definition) is 6. The molecule has 72 valence electrons. The van der Waals surface area contributed by atoms with Crippen molar-refractivity contribution in [1.82, 2.24) is 0 Å². The van der Waals surface area contributed by atoms with Crippen LogP contribution in [0.25, 0.3) is 0 Å². The molecule has 7 heteroatoms. The first-order chi connectivity index (χ1) is 6.77. The van der Waals surface area contributed by atoms with E-state index < -0.39 is 0 Å². The summed E-state index contributed by atoms with van der Waals surface area (Å²) in [6, 6.07) is -0.232. The fourth-order valence-electron chi connectivity index (χ4n) is 1.05. The molecule has 1 amide bonds. The van der Waals surface area contributed by atoms with E-state index in [4.69, 9.17) is 5.73 Å². The first kappa shape index (κ1) is 9.07. The van der Waals surface area contributed by atoms with Gasteiger partial charge in [-0.15, -0.1) is 0 Å². The van der Waals surface area contributed by atoms with E-state index >= 15 is 0 Å². The minimum atomic E-state index is -0.374. The van der Waals surface area contributed by atoms with Gasteiger partial charge < -0.3 is 5.73 Å². The third kappa shape index (κ3) is 1.72. The molecule has 2 heterocycles. The topological polar surface area (TPSA) is 92.5 Å². The van der Waals surface area contributed by atoms with Crippen LogP contribution in [-0.2, 0) is 4.79 Å². The minimum Gasteiger partial charge on any atom is -0.369 e. The van der Waals surface area contributed by atoms with Crippen LogP contribution in [0.2, 0.25) is 0 Å². The van der Waals surface area contributed by atoms with Crippen LogP contribution >= 0.6 is 11.8 Å². The molecule has 2 aliphatic rings. The Morgan fingerprint density at radius 3 is 3.14 bits per heavy atom. The van der Waals surface area contributed by atoms with E-state index in [9.17, 15) is 4.79 Å². The highest BCUT2D eigenvalue weighted by molar-refractivity contribution is 8.14. The number of hydrogen-bond donors (Lipinski definition) is 1. The van der Waals surface area contributed by atoms with Crippen molar-refractivity contribution in [3.05, 3.63) is 0 Å². The second kappa shape index (κ2) is 3.70. The number of carbonyl (C=O) groups excluding carboxylic acids is 1. The molecule has 6 nitrogen and oxygen atoms in total. The summed E-state index contributed by atoms with van der Waals surface area (Å²) in [6.45, 7) is 0. The van der Waals surface area contributed by atoms with Crippen LogP contribution < -0.4 is 5.73 Å². The number of amides is 1. The molecule has 0 fully saturated rings. The van der Waals surface area contributed by atoms with Crippen molar-refractivity contribution in [2.45, 2.75) is 6.04 Å². The van der Waals surface area contributed by atoms with E-state index in [2.05, 4.69) is 20.0 Å². The summed E-state index contributed by atoms with van der Waals surface area (Å²) in [5.74, 6) is 0.444. The predicted molar refractivity (Wildman–Crippen MR) is 57.3 cm³/mol. The SMILES string of the molecule is NC(=O)CSC1=NC=NC2=NC=NC21. The molecule has 2 aliphatic heterocycles. The number of thioether (sulfide) groups is 1. The summed E-state index contributed by atoms with van der Waals surface area (Å²) >= 11 is 1.27. The summed E-state index contributed by atoms with van der Waals surface area (Å²) in [7, 11) is 0. The Hall–Kier alpha value is -1.50. The van der Waals surface area contributed by atoms with Crippen LogP contribution in [-0.4, -0.2) is 41.3 Å². The molecule has 0 aromatic carbocycles. The normalized spacial score (nSPS) is 23.0. The maximum Gasteiger partial charge on any atom is 0.227 e. The fourth-order valence-corrected chi connectivity index (χ4v) is 1.79. The number of aliphatic imine (C=N–C) groups is 4. The number of fused-ring (bicyclic) bond motifs is 1. The molecule has 0 radical (unpaired) electrons. The third-order valence-electron chi connectivity index (χ3n) is 1.62. The van der Waals surface area contributed by atoms with Gasteiger partial charge in [-0.05, 0) is 0 Å². The largest absolute Gasteiger partial charge is 0.369 e. The molecule has 0 saturated carbocycles. The number of nitrogens with two attached hydrogens (primary N) is 1. The summed E-state index contributed by atoms with van der Waals surface area (Å²) in [5.41, 5.74) is 5.03. The highest BCUT2D eigenvalue weighted by Gasteiger charge is 2.26. The highest BCUT2D eigenvalue weighted by Crippen LogP contribution is 2.17. The molecule has 1 atom stereocenters. The van der Waals surface area contributed by atoms with Gasteiger partial charge in [0.1, 0.15) is 17.7 Å². The van der Waals surface area contributed by atoms with E-state index in [1.165, 1.54) is 24.4 Å². The van der Waals surface area contributed by atoms with E-state index in [0.717, 1.165) is 0 Å². The Morgan fingerprint density at radius 2 is 2.36 bits per heavy atom. The first-order valence-corrected chi connectivity index (χ1v) is 4.86. The van der Waals surface area contributed by atoms with Crippen molar-refractivity contribution in [2.75, 3.05) is 5.75 Å². The van der Waals surface area contributed by atoms with Crippen LogP contribution in [0, 0.1) is 0 Å². The lowest BCUT2D eigenvalue weighted by Crippen LogP contribution is -2.27. The van der Waals surface area contributed by atoms with Gasteiger partial charge in [0, 0.05) is 0 Å². The zero-order valence-electron chi connectivity index (χ0n) is 7.12. The molecular weight excluding hydrogens is 202 g/mol. The van der Waals surface area contributed by atoms with Gasteiger partial charge in [-0.1, -0.05) is 11.8 Å². The summed E-state index contributed by atoms with van der Waals surface area (Å²) in [5, 5.41) is 0.714. The minimum absolute atomic E-state index is 0.200. The maximum atomic E-state index is 10.6. The Balaban J connectivity index is 2.08. The van der Waals surface area contributed by atoms with Crippen LogP contribution in [0.4, 0.5) is 0 Å². The van der Waals surface area contributed by atoms with Crippen LogP contribution in [0.15, 0.2) is 20.0 Å². The third-order valence-corrected chi connectivity index (χ3v) is 2.67. The zero-order chi connectivity index (χ0) is 9.97. The maximum absolute atomic E-state index is 10.6. The second-order valence-corrected chi connectivity index (χ2v) is 3.62. The average molecular weight is 209 g/mol. The molecule has 1 unspecified atom stereocenters. The number of primary amides is 1. The second-order valence-electron chi connectivity index (χ2n) is 2.62. The van der Waals surface area contributed by atoms with Gasteiger partial charge in [0.2, 0.25) is 5.91 Å². The Kier molecular flexibility index (Phi) is 2.40. The zero-order valence-corrected chi connectivity index (χ0v) is 7.94.